The first-order chi connectivity index (χ1) is 7.15. The third-order valence-electron chi connectivity index (χ3n) is 2.27. The maximum atomic E-state index is 10.9. The van der Waals surface area contributed by atoms with E-state index in [2.05, 4.69) is 11.9 Å². The number of aromatic nitrogens is 1. The number of unbranched alkanes of at least 4 members (excludes halogenated alkanes) is 3. The van der Waals surface area contributed by atoms with Crippen molar-refractivity contribution in [3.8, 4) is 0 Å². The van der Waals surface area contributed by atoms with Crippen LogP contribution in [0.3, 0.4) is 0 Å². The number of nitrogens with zero attached hydrogens (tertiary/aromatic N) is 1. The van der Waals surface area contributed by atoms with Crippen molar-refractivity contribution in [2.24, 2.45) is 0 Å². The van der Waals surface area contributed by atoms with E-state index in [0.717, 1.165) is 30.0 Å². The lowest BCUT2D eigenvalue weighted by molar-refractivity contribution is 0.0700. The van der Waals surface area contributed by atoms with Gasteiger partial charge in [-0.2, -0.15) is 0 Å². The van der Waals surface area contributed by atoms with Crippen LogP contribution in [-0.4, -0.2) is 16.1 Å². The van der Waals surface area contributed by atoms with Crippen LogP contribution in [0.1, 0.15) is 53.0 Å². The van der Waals surface area contributed by atoms with Crippen LogP contribution >= 0.6 is 11.3 Å². The number of hydrogen-bond acceptors (Lipinski definition) is 3. The molecular weight excluding hydrogens is 210 g/mol. The summed E-state index contributed by atoms with van der Waals surface area (Å²) in [6, 6.07) is 0. The highest BCUT2D eigenvalue weighted by molar-refractivity contribution is 7.13. The molecule has 0 radical (unpaired) electrons. The summed E-state index contributed by atoms with van der Waals surface area (Å²) in [7, 11) is 0. The highest BCUT2D eigenvalue weighted by Crippen LogP contribution is 2.20. The van der Waals surface area contributed by atoms with Gasteiger partial charge in [-0.1, -0.05) is 26.2 Å². The van der Waals surface area contributed by atoms with Crippen molar-refractivity contribution in [1.82, 2.24) is 4.98 Å². The van der Waals surface area contributed by atoms with Crippen LogP contribution in [0.25, 0.3) is 0 Å². The molecule has 0 atom stereocenters. The molecule has 0 spiro atoms. The van der Waals surface area contributed by atoms with Gasteiger partial charge in [0, 0.05) is 0 Å². The van der Waals surface area contributed by atoms with E-state index in [1.165, 1.54) is 24.2 Å². The largest absolute Gasteiger partial charge is 0.477 e. The minimum absolute atomic E-state index is 0.420. The summed E-state index contributed by atoms with van der Waals surface area (Å²) < 4.78 is 0. The molecule has 0 aromatic carbocycles. The summed E-state index contributed by atoms with van der Waals surface area (Å²) in [5.74, 6) is -0.842. The molecule has 0 saturated carbocycles. The first-order valence-corrected chi connectivity index (χ1v) is 6.16. The number of rotatable bonds is 6. The van der Waals surface area contributed by atoms with Gasteiger partial charge in [-0.3, -0.25) is 0 Å². The lowest BCUT2D eigenvalue weighted by Gasteiger charge is -1.98. The standard InChI is InChI=1S/C11H17NO2S/c1-3-4-5-6-7-9-10(11(13)14)15-8(2)12-9/h3-7H2,1-2H3,(H,13,14). The second kappa shape index (κ2) is 5.85. The Hall–Kier alpha value is -0.900. The van der Waals surface area contributed by atoms with Gasteiger partial charge in [-0.25, -0.2) is 9.78 Å². The fraction of sp³-hybridized carbons (Fsp3) is 0.636. The normalized spacial score (nSPS) is 10.5. The number of carboxylic acids is 1. The third kappa shape index (κ3) is 3.63. The Morgan fingerprint density at radius 2 is 2.13 bits per heavy atom. The molecule has 0 fully saturated rings. The third-order valence-corrected chi connectivity index (χ3v) is 3.27. The van der Waals surface area contributed by atoms with Crippen molar-refractivity contribution < 1.29 is 9.90 Å². The van der Waals surface area contributed by atoms with E-state index >= 15 is 0 Å². The van der Waals surface area contributed by atoms with Crippen molar-refractivity contribution in [3.63, 3.8) is 0 Å². The van der Waals surface area contributed by atoms with Crippen LogP contribution in [0.4, 0.5) is 0 Å². The Labute approximate surface area is 94.2 Å². The van der Waals surface area contributed by atoms with Crippen LogP contribution in [0, 0.1) is 6.92 Å². The first-order valence-electron chi connectivity index (χ1n) is 5.34. The van der Waals surface area contributed by atoms with Crippen LogP contribution in [0.15, 0.2) is 0 Å². The predicted molar refractivity (Wildman–Crippen MR) is 61.7 cm³/mol. The number of aromatic carboxylic acids is 1. The fourth-order valence-electron chi connectivity index (χ4n) is 1.53. The summed E-state index contributed by atoms with van der Waals surface area (Å²) in [6.45, 7) is 4.02. The number of hydrogen-bond donors (Lipinski definition) is 1. The molecule has 0 saturated heterocycles. The van der Waals surface area contributed by atoms with Crippen molar-refractivity contribution >= 4 is 17.3 Å². The van der Waals surface area contributed by atoms with Gasteiger partial charge in [0.1, 0.15) is 4.88 Å². The quantitative estimate of drug-likeness (QED) is 0.759. The van der Waals surface area contributed by atoms with E-state index in [1.807, 2.05) is 6.92 Å². The molecule has 1 N–H and O–H groups in total. The first kappa shape index (κ1) is 12.2. The monoisotopic (exact) mass is 227 g/mol. The summed E-state index contributed by atoms with van der Waals surface area (Å²) in [4.78, 5) is 15.6. The topological polar surface area (TPSA) is 50.2 Å². The van der Waals surface area contributed by atoms with Crippen molar-refractivity contribution in [2.45, 2.75) is 46.0 Å². The number of aryl methyl sites for hydroxylation is 2. The molecule has 84 valence electrons. The van der Waals surface area contributed by atoms with E-state index < -0.39 is 5.97 Å². The number of carboxylic acid groups (broad SMARTS) is 1. The molecule has 0 aliphatic carbocycles. The minimum Gasteiger partial charge on any atom is -0.477 e. The maximum Gasteiger partial charge on any atom is 0.347 e. The molecule has 1 rings (SSSR count). The molecule has 0 aliphatic rings. The average molecular weight is 227 g/mol. The maximum absolute atomic E-state index is 10.9. The van der Waals surface area contributed by atoms with Gasteiger partial charge in [-0.15, -0.1) is 11.3 Å². The second-order valence-corrected chi connectivity index (χ2v) is 4.83. The smallest absolute Gasteiger partial charge is 0.347 e. The molecule has 1 aromatic rings. The Morgan fingerprint density at radius 1 is 1.40 bits per heavy atom. The Balaban J connectivity index is 2.55. The van der Waals surface area contributed by atoms with Gasteiger partial charge in [0.2, 0.25) is 0 Å². The lowest BCUT2D eigenvalue weighted by atomic mass is 10.1. The number of carbonyl (C=O) groups is 1. The van der Waals surface area contributed by atoms with E-state index in [0.29, 0.717) is 4.88 Å². The van der Waals surface area contributed by atoms with E-state index in [1.54, 1.807) is 0 Å². The zero-order chi connectivity index (χ0) is 11.3. The molecule has 0 unspecified atom stereocenters. The van der Waals surface area contributed by atoms with Gasteiger partial charge in [-0.05, 0) is 19.8 Å². The minimum atomic E-state index is -0.842. The Bertz CT molecular complexity index is 333. The number of thiazole rings is 1. The van der Waals surface area contributed by atoms with Gasteiger partial charge in [0.15, 0.2) is 0 Å². The molecule has 0 amide bonds. The molecule has 1 aromatic heterocycles. The molecule has 0 bridgehead atoms. The van der Waals surface area contributed by atoms with E-state index in [9.17, 15) is 4.79 Å². The Morgan fingerprint density at radius 3 is 2.73 bits per heavy atom. The van der Waals surface area contributed by atoms with Gasteiger partial charge in [0.25, 0.3) is 0 Å². The van der Waals surface area contributed by atoms with Gasteiger partial charge in [0.05, 0.1) is 10.7 Å². The van der Waals surface area contributed by atoms with E-state index in [-0.39, 0.29) is 0 Å². The van der Waals surface area contributed by atoms with Crippen molar-refractivity contribution in [3.05, 3.63) is 15.6 Å². The molecule has 15 heavy (non-hydrogen) atoms. The lowest BCUT2D eigenvalue weighted by Crippen LogP contribution is -1.99. The Kier molecular flexibility index (Phi) is 4.75. The van der Waals surface area contributed by atoms with Gasteiger partial charge >= 0.3 is 5.97 Å². The summed E-state index contributed by atoms with van der Waals surface area (Å²) >= 11 is 1.28. The SMILES string of the molecule is CCCCCCc1nc(C)sc1C(=O)O. The highest BCUT2D eigenvalue weighted by Gasteiger charge is 2.14. The van der Waals surface area contributed by atoms with Crippen LogP contribution < -0.4 is 0 Å². The molecular formula is C11H17NO2S. The van der Waals surface area contributed by atoms with Gasteiger partial charge < -0.3 is 5.11 Å². The van der Waals surface area contributed by atoms with Crippen LogP contribution in [-0.2, 0) is 6.42 Å². The average Bonchev–Trinajstić information content (AvgIpc) is 2.55. The fourth-order valence-corrected chi connectivity index (χ4v) is 2.33. The molecule has 4 heteroatoms. The highest BCUT2D eigenvalue weighted by atomic mass is 32.1. The van der Waals surface area contributed by atoms with E-state index in [4.69, 9.17) is 5.11 Å². The van der Waals surface area contributed by atoms with Crippen molar-refractivity contribution in [2.75, 3.05) is 0 Å². The second-order valence-electron chi connectivity index (χ2n) is 3.62. The molecule has 3 nitrogen and oxygen atoms in total. The summed E-state index contributed by atoms with van der Waals surface area (Å²) in [5, 5.41) is 9.80. The molecule has 1 heterocycles. The molecule has 0 aliphatic heterocycles. The van der Waals surface area contributed by atoms with Crippen LogP contribution in [0.5, 0.6) is 0 Å². The summed E-state index contributed by atoms with van der Waals surface area (Å²) in [6.07, 6.45) is 5.41. The summed E-state index contributed by atoms with van der Waals surface area (Å²) in [5.41, 5.74) is 0.765. The van der Waals surface area contributed by atoms with Crippen molar-refractivity contribution in [1.29, 1.82) is 0 Å². The zero-order valence-corrected chi connectivity index (χ0v) is 10.1. The van der Waals surface area contributed by atoms with Crippen LogP contribution in [0.2, 0.25) is 0 Å². The zero-order valence-electron chi connectivity index (χ0n) is 9.25. The predicted octanol–water partition coefficient (Wildman–Crippen LogP) is 3.27.